The molecule has 0 unspecified atom stereocenters. The van der Waals surface area contributed by atoms with Crippen LogP contribution in [-0.2, 0) is 14.0 Å². The Balaban J connectivity index is 0. The molecule has 0 saturated carbocycles. The van der Waals surface area contributed by atoms with Gasteiger partial charge in [0.25, 0.3) is 0 Å². The van der Waals surface area contributed by atoms with Gasteiger partial charge >= 0.3 is 44.6 Å². The molecule has 0 saturated heterocycles. The van der Waals surface area contributed by atoms with Gasteiger partial charge in [-0.25, -0.2) is 0 Å². The summed E-state index contributed by atoms with van der Waals surface area (Å²) in [7, 11) is -1.42. The summed E-state index contributed by atoms with van der Waals surface area (Å²) < 4.78 is 42.7. The Hall–Kier alpha value is 0.412. The van der Waals surface area contributed by atoms with E-state index < -0.39 is 39.5 Å². The summed E-state index contributed by atoms with van der Waals surface area (Å²) in [6.45, 7) is 0. The molecule has 0 fully saturated rings. The molecule has 7 heavy (non-hydrogen) atoms. The van der Waals surface area contributed by atoms with Crippen LogP contribution in [0.15, 0.2) is 0 Å². The Morgan fingerprint density at radius 3 is 1.00 bits per heavy atom. The first-order valence-corrected chi connectivity index (χ1v) is 6.37. The minimum atomic E-state index is -4.47. The monoisotopic (exact) mass is 247 g/mol. The topological polar surface area (TPSA) is 85.3 Å². The molecule has 0 aromatic heterocycles. The Bertz CT molecular complexity index is 135. The fourth-order valence-corrected chi connectivity index (χ4v) is 0. The van der Waals surface area contributed by atoms with Gasteiger partial charge in [-0.05, 0) is 0 Å². The zero-order chi connectivity index (χ0) is 6.28. The molecule has 0 N–H and O–H groups in total. The van der Waals surface area contributed by atoms with Crippen LogP contribution >= 0.6 is 0 Å². The average molecular weight is 247 g/mol. The summed E-state index contributed by atoms with van der Waals surface area (Å²) in [4.78, 5) is 0. The van der Waals surface area contributed by atoms with Crippen LogP contribution in [0, 0.1) is 30.2 Å². The fourth-order valence-electron chi connectivity index (χ4n) is 0. The van der Waals surface area contributed by atoms with Gasteiger partial charge in [-0.2, -0.15) is 0 Å². The molecule has 37 valence electrons. The molecule has 0 rings (SSSR count). The Labute approximate surface area is 53.2 Å². The summed E-state index contributed by atoms with van der Waals surface area (Å²) >= 11 is -4.47. The Morgan fingerprint density at radius 2 is 1.00 bits per heavy atom. The SMILES string of the molecule is O=[Si]=O.[O]=[La](=[O])=[O]. The van der Waals surface area contributed by atoms with E-state index in [2.05, 4.69) is 0 Å². The van der Waals surface area contributed by atoms with E-state index in [-0.39, 0.29) is 0 Å². The van der Waals surface area contributed by atoms with Crippen molar-refractivity contribution in [3.63, 3.8) is 0 Å². The number of hydrogen-bond donors (Lipinski definition) is 0. The molecule has 0 bridgehead atoms. The van der Waals surface area contributed by atoms with E-state index in [4.69, 9.17) is 14.0 Å². The third-order valence-electron chi connectivity index (χ3n) is 0. The van der Waals surface area contributed by atoms with Crippen LogP contribution in [0.25, 0.3) is 0 Å². The van der Waals surface area contributed by atoms with Gasteiger partial charge in [0.05, 0.1) is 0 Å². The van der Waals surface area contributed by atoms with Crippen LogP contribution in [0.3, 0.4) is 0 Å². The zero-order valence-electron chi connectivity index (χ0n) is 3.12. The molecular weight excluding hydrogens is 247 g/mol. The molecule has 0 heterocycles. The van der Waals surface area contributed by atoms with Crippen molar-refractivity contribution in [2.75, 3.05) is 0 Å². The van der Waals surface area contributed by atoms with Gasteiger partial charge in [0.1, 0.15) is 0 Å². The average Bonchev–Trinajstić information content (AvgIpc) is 1.33. The van der Waals surface area contributed by atoms with Crippen molar-refractivity contribution in [2.45, 2.75) is 0 Å². The van der Waals surface area contributed by atoms with Gasteiger partial charge in [-0.1, -0.05) is 0 Å². The van der Waals surface area contributed by atoms with Gasteiger partial charge < -0.3 is 0 Å². The van der Waals surface area contributed by atoms with Crippen molar-refractivity contribution in [3.8, 4) is 0 Å². The molecule has 0 aliphatic carbocycles. The first kappa shape index (κ1) is 10.4. The van der Waals surface area contributed by atoms with Gasteiger partial charge in [-0.15, -0.1) is 0 Å². The summed E-state index contributed by atoms with van der Waals surface area (Å²) in [6, 6.07) is 0. The zero-order valence-corrected chi connectivity index (χ0v) is 7.74. The minimum absolute atomic E-state index is 1.42. The van der Waals surface area contributed by atoms with E-state index in [0.29, 0.717) is 0 Å². The van der Waals surface area contributed by atoms with E-state index in [1.54, 1.807) is 0 Å². The Morgan fingerprint density at radius 1 is 1.00 bits per heavy atom. The predicted octanol–water partition coefficient (Wildman–Crippen LogP) is -0.975. The maximum atomic E-state index is 8.64. The molecule has 0 aromatic carbocycles. The Kier molecular flexibility index (Phi) is 14.3. The third kappa shape index (κ3) is 736. The van der Waals surface area contributed by atoms with Crippen LogP contribution in [0.4, 0.5) is 0 Å². The molecular formula is LaO5Si. The van der Waals surface area contributed by atoms with E-state index in [9.17, 15) is 0 Å². The van der Waals surface area contributed by atoms with Crippen molar-refractivity contribution in [1.82, 2.24) is 0 Å². The number of rotatable bonds is 0. The molecule has 0 radical (unpaired) electrons. The van der Waals surface area contributed by atoms with Crippen LogP contribution in [0.2, 0.25) is 0 Å². The molecule has 5 nitrogen and oxygen atoms in total. The van der Waals surface area contributed by atoms with E-state index in [1.165, 1.54) is 0 Å². The summed E-state index contributed by atoms with van der Waals surface area (Å²) in [6.07, 6.45) is 0. The van der Waals surface area contributed by atoms with Crippen LogP contribution < -0.4 is 0 Å². The van der Waals surface area contributed by atoms with E-state index in [0.717, 1.165) is 0 Å². The summed E-state index contributed by atoms with van der Waals surface area (Å²) in [5.41, 5.74) is 0. The molecule has 7 heteroatoms. The third-order valence-corrected chi connectivity index (χ3v) is 0. The molecule has 0 amide bonds. The second-order valence-electron chi connectivity index (χ2n) is 0.372. The molecule has 0 spiro atoms. The van der Waals surface area contributed by atoms with Crippen molar-refractivity contribution in [3.05, 3.63) is 0 Å². The van der Waals surface area contributed by atoms with Gasteiger partial charge in [0.15, 0.2) is 0 Å². The van der Waals surface area contributed by atoms with Gasteiger partial charge in [0, 0.05) is 0 Å². The van der Waals surface area contributed by atoms with Crippen LogP contribution in [-0.4, -0.2) is 9.29 Å². The van der Waals surface area contributed by atoms with E-state index >= 15 is 0 Å². The maximum absolute atomic E-state index is 8.64. The second-order valence-corrected chi connectivity index (χ2v) is 2.35. The summed E-state index contributed by atoms with van der Waals surface area (Å²) in [5, 5.41) is 0. The van der Waals surface area contributed by atoms with Crippen molar-refractivity contribution in [1.29, 1.82) is 0 Å². The van der Waals surface area contributed by atoms with Crippen molar-refractivity contribution >= 4 is 9.29 Å². The molecule has 0 aliphatic rings. The fraction of sp³-hybridized carbons (Fsp3) is 0. The normalized spacial score (nSPS) is 3.29. The molecule has 0 aromatic rings. The second kappa shape index (κ2) is 9.65. The standard InChI is InChI=1S/La.O2Si.3O/c;1-3-2;;;. The quantitative estimate of drug-likeness (QED) is 0.514. The first-order valence-electron chi connectivity index (χ1n) is 1.12. The van der Waals surface area contributed by atoms with Crippen LogP contribution in [0.1, 0.15) is 0 Å². The molecule has 0 aliphatic heterocycles. The first-order chi connectivity index (χ1) is 3.15. The van der Waals surface area contributed by atoms with Crippen molar-refractivity contribution in [2.24, 2.45) is 0 Å². The van der Waals surface area contributed by atoms with Crippen LogP contribution in [0.5, 0.6) is 0 Å². The van der Waals surface area contributed by atoms with E-state index in [1.807, 2.05) is 0 Å². The summed E-state index contributed by atoms with van der Waals surface area (Å²) in [5.74, 6) is 0. The predicted molar refractivity (Wildman–Crippen MR) is 9.19 cm³/mol. The van der Waals surface area contributed by atoms with Crippen molar-refractivity contribution < 1.29 is 44.2 Å². The van der Waals surface area contributed by atoms with Gasteiger partial charge in [-0.3, -0.25) is 8.92 Å². The number of hydrogen-bond acceptors (Lipinski definition) is 5. The molecule has 0 atom stereocenters. The van der Waals surface area contributed by atoms with Gasteiger partial charge in [0.2, 0.25) is 0 Å².